The smallest absolute Gasteiger partial charge is 0.342 e. The number of piperazine rings is 1. The molecule has 2 heterocycles. The third kappa shape index (κ3) is 6.09. The van der Waals surface area contributed by atoms with E-state index in [2.05, 4.69) is 9.97 Å². The average molecular weight is 459 g/mol. The van der Waals surface area contributed by atoms with Gasteiger partial charge < -0.3 is 14.5 Å². The first-order valence-electron chi connectivity index (χ1n) is 12.5. The van der Waals surface area contributed by atoms with Crippen molar-refractivity contribution >= 4 is 17.8 Å². The Labute approximate surface area is 197 Å². The van der Waals surface area contributed by atoms with Gasteiger partial charge in [-0.05, 0) is 39.5 Å². The molecule has 1 aromatic rings. The Kier molecular flexibility index (Phi) is 8.80. The van der Waals surface area contributed by atoms with Crippen LogP contribution in [0.2, 0.25) is 0 Å². The minimum Gasteiger partial charge on any atom is -0.462 e. The van der Waals surface area contributed by atoms with Gasteiger partial charge in [-0.3, -0.25) is 9.59 Å². The van der Waals surface area contributed by atoms with E-state index in [0.717, 1.165) is 12.8 Å². The SMILES string of the molecule is CCCc1nc(C)nc(C(=O)N2CCN(C(=O)CCC3CCCC3)C(C)C2)c1C(=O)OCC. The molecule has 3 rings (SSSR count). The molecule has 0 aromatic carbocycles. The van der Waals surface area contributed by atoms with Crippen molar-refractivity contribution in [2.24, 2.45) is 5.92 Å². The first-order chi connectivity index (χ1) is 15.8. The lowest BCUT2D eigenvalue weighted by Crippen LogP contribution is -2.55. The number of amides is 2. The van der Waals surface area contributed by atoms with Gasteiger partial charge in [0.15, 0.2) is 0 Å². The molecule has 1 saturated carbocycles. The second-order valence-corrected chi connectivity index (χ2v) is 9.29. The maximum absolute atomic E-state index is 13.5. The van der Waals surface area contributed by atoms with E-state index in [9.17, 15) is 14.4 Å². The molecule has 0 spiro atoms. The van der Waals surface area contributed by atoms with E-state index < -0.39 is 5.97 Å². The third-order valence-corrected chi connectivity index (χ3v) is 6.74. The minimum atomic E-state index is -0.557. The molecule has 1 aliphatic heterocycles. The third-order valence-electron chi connectivity index (χ3n) is 6.74. The fourth-order valence-corrected chi connectivity index (χ4v) is 5.05. The Balaban J connectivity index is 1.72. The molecule has 8 heteroatoms. The van der Waals surface area contributed by atoms with Crippen LogP contribution in [-0.4, -0.2) is 69.8 Å². The molecular formula is C25H38N4O4. The number of carbonyl (C=O) groups excluding carboxylic acids is 3. The molecule has 1 unspecified atom stereocenters. The van der Waals surface area contributed by atoms with Crippen molar-refractivity contribution in [2.45, 2.75) is 85.1 Å². The van der Waals surface area contributed by atoms with Gasteiger partial charge in [-0.15, -0.1) is 0 Å². The Bertz CT molecular complexity index is 866. The van der Waals surface area contributed by atoms with Crippen molar-refractivity contribution in [3.05, 3.63) is 22.8 Å². The summed E-state index contributed by atoms with van der Waals surface area (Å²) in [6.45, 7) is 9.00. The van der Waals surface area contributed by atoms with Crippen LogP contribution < -0.4 is 0 Å². The summed E-state index contributed by atoms with van der Waals surface area (Å²) in [4.78, 5) is 51.4. The quantitative estimate of drug-likeness (QED) is 0.553. The number of rotatable bonds is 8. The summed E-state index contributed by atoms with van der Waals surface area (Å²) >= 11 is 0. The summed E-state index contributed by atoms with van der Waals surface area (Å²) in [7, 11) is 0. The van der Waals surface area contributed by atoms with Gasteiger partial charge in [0.25, 0.3) is 5.91 Å². The van der Waals surface area contributed by atoms with Gasteiger partial charge in [-0.25, -0.2) is 14.8 Å². The lowest BCUT2D eigenvalue weighted by Gasteiger charge is -2.40. The lowest BCUT2D eigenvalue weighted by atomic mass is 10.0. The summed E-state index contributed by atoms with van der Waals surface area (Å²) in [5.74, 6) is 0.469. The number of aryl methyl sites for hydroxylation is 2. The van der Waals surface area contributed by atoms with Crippen LogP contribution in [0.5, 0.6) is 0 Å². The monoisotopic (exact) mass is 458 g/mol. The Morgan fingerprint density at radius 1 is 1.09 bits per heavy atom. The molecule has 0 radical (unpaired) electrons. The standard InChI is InChI=1S/C25H38N4O4/c1-5-9-20-22(25(32)33-6-2)23(27-18(4)26-20)24(31)28-14-15-29(17(3)16-28)21(30)13-12-19-10-7-8-11-19/h17,19H,5-16H2,1-4H3. The van der Waals surface area contributed by atoms with Crippen molar-refractivity contribution in [1.82, 2.24) is 19.8 Å². The molecule has 2 fully saturated rings. The highest BCUT2D eigenvalue weighted by Crippen LogP contribution is 2.29. The Hall–Kier alpha value is -2.51. The zero-order valence-electron chi connectivity index (χ0n) is 20.6. The van der Waals surface area contributed by atoms with E-state index in [1.165, 1.54) is 25.7 Å². The van der Waals surface area contributed by atoms with Crippen molar-refractivity contribution in [1.29, 1.82) is 0 Å². The van der Waals surface area contributed by atoms with Gasteiger partial charge in [0.1, 0.15) is 17.1 Å². The maximum Gasteiger partial charge on any atom is 0.342 e. The van der Waals surface area contributed by atoms with Gasteiger partial charge in [0.05, 0.1) is 12.3 Å². The molecule has 1 saturated heterocycles. The molecular weight excluding hydrogens is 420 g/mol. The first kappa shape index (κ1) is 25.1. The van der Waals surface area contributed by atoms with Gasteiger partial charge in [-0.2, -0.15) is 0 Å². The van der Waals surface area contributed by atoms with E-state index in [1.54, 1.807) is 18.7 Å². The summed E-state index contributed by atoms with van der Waals surface area (Å²) in [6, 6.07) is -0.0807. The van der Waals surface area contributed by atoms with Crippen molar-refractivity contribution < 1.29 is 19.1 Å². The fourth-order valence-electron chi connectivity index (χ4n) is 5.05. The Morgan fingerprint density at radius 2 is 1.82 bits per heavy atom. The van der Waals surface area contributed by atoms with Crippen molar-refractivity contribution in [2.75, 3.05) is 26.2 Å². The first-order valence-corrected chi connectivity index (χ1v) is 12.5. The molecule has 0 N–H and O–H groups in total. The van der Waals surface area contributed by atoms with Gasteiger partial charge in [0, 0.05) is 32.1 Å². The molecule has 1 aliphatic carbocycles. The van der Waals surface area contributed by atoms with Crippen molar-refractivity contribution in [3.63, 3.8) is 0 Å². The van der Waals surface area contributed by atoms with E-state index in [0.29, 0.717) is 49.9 Å². The highest BCUT2D eigenvalue weighted by molar-refractivity contribution is 6.04. The molecule has 1 aromatic heterocycles. The molecule has 182 valence electrons. The van der Waals surface area contributed by atoms with Crippen LogP contribution >= 0.6 is 0 Å². The predicted octanol–water partition coefficient (Wildman–Crippen LogP) is 3.56. The van der Waals surface area contributed by atoms with Crippen LogP contribution in [0.25, 0.3) is 0 Å². The summed E-state index contributed by atoms with van der Waals surface area (Å²) in [5, 5.41) is 0. The highest BCUT2D eigenvalue weighted by Gasteiger charge is 2.34. The topological polar surface area (TPSA) is 92.7 Å². The summed E-state index contributed by atoms with van der Waals surface area (Å²) < 4.78 is 5.23. The van der Waals surface area contributed by atoms with E-state index in [4.69, 9.17) is 4.74 Å². The van der Waals surface area contributed by atoms with Crippen LogP contribution in [0.15, 0.2) is 0 Å². The minimum absolute atomic E-state index is 0.0807. The maximum atomic E-state index is 13.5. The van der Waals surface area contributed by atoms with E-state index >= 15 is 0 Å². The number of hydrogen-bond donors (Lipinski definition) is 0. The second kappa shape index (κ2) is 11.6. The molecule has 8 nitrogen and oxygen atoms in total. The number of ether oxygens (including phenoxy) is 1. The molecule has 2 aliphatic rings. The number of esters is 1. The van der Waals surface area contributed by atoms with Crippen LogP contribution in [0.1, 0.15) is 98.1 Å². The lowest BCUT2D eigenvalue weighted by molar-refractivity contribution is -0.135. The van der Waals surface area contributed by atoms with E-state index in [-0.39, 0.29) is 35.7 Å². The predicted molar refractivity (Wildman–Crippen MR) is 125 cm³/mol. The molecule has 0 bridgehead atoms. The van der Waals surface area contributed by atoms with Crippen LogP contribution in [0.3, 0.4) is 0 Å². The number of aromatic nitrogens is 2. The van der Waals surface area contributed by atoms with Crippen LogP contribution in [0, 0.1) is 12.8 Å². The largest absolute Gasteiger partial charge is 0.462 e. The molecule has 1 atom stereocenters. The number of hydrogen-bond acceptors (Lipinski definition) is 6. The zero-order chi connectivity index (χ0) is 24.0. The summed E-state index contributed by atoms with van der Waals surface area (Å²) in [6.07, 6.45) is 7.96. The van der Waals surface area contributed by atoms with E-state index in [1.807, 2.05) is 18.7 Å². The highest BCUT2D eigenvalue weighted by atomic mass is 16.5. The average Bonchev–Trinajstić information content (AvgIpc) is 3.30. The fraction of sp³-hybridized carbons (Fsp3) is 0.720. The summed E-state index contributed by atoms with van der Waals surface area (Å²) in [5.41, 5.74) is 0.843. The van der Waals surface area contributed by atoms with Gasteiger partial charge in [-0.1, -0.05) is 39.0 Å². The van der Waals surface area contributed by atoms with Crippen LogP contribution in [0.4, 0.5) is 0 Å². The Morgan fingerprint density at radius 3 is 2.45 bits per heavy atom. The van der Waals surface area contributed by atoms with Gasteiger partial charge >= 0.3 is 5.97 Å². The molecule has 2 amide bonds. The van der Waals surface area contributed by atoms with Gasteiger partial charge in [0.2, 0.25) is 5.91 Å². The number of nitrogens with zero attached hydrogens (tertiary/aromatic N) is 4. The van der Waals surface area contributed by atoms with Crippen molar-refractivity contribution in [3.8, 4) is 0 Å². The molecule has 33 heavy (non-hydrogen) atoms. The normalized spacial score (nSPS) is 19.1. The zero-order valence-corrected chi connectivity index (χ0v) is 20.6. The second-order valence-electron chi connectivity index (χ2n) is 9.29. The van der Waals surface area contributed by atoms with Crippen LogP contribution in [-0.2, 0) is 16.0 Å². The number of carbonyl (C=O) groups is 3.